The lowest BCUT2D eigenvalue weighted by Gasteiger charge is -2.27. The molecule has 10 heteroatoms. The van der Waals surface area contributed by atoms with Crippen molar-refractivity contribution < 1.29 is 40.8 Å². The van der Waals surface area contributed by atoms with Crippen LogP contribution in [0.4, 0.5) is 13.2 Å². The topological polar surface area (TPSA) is 78.9 Å². The molecule has 0 saturated carbocycles. The van der Waals surface area contributed by atoms with Crippen LogP contribution in [-0.2, 0) is 33.8 Å². The first kappa shape index (κ1) is 25.1. The number of hydrogen-bond acceptors (Lipinski definition) is 6. The molecule has 0 aliphatic carbocycles. The molecule has 0 heterocycles. The molecule has 0 bridgehead atoms. The highest BCUT2D eigenvalue weighted by Crippen LogP contribution is 2.31. The maximum Gasteiger partial charge on any atom is 0.742 e. The predicted molar refractivity (Wildman–Crippen MR) is 111 cm³/mol. The molecule has 0 atom stereocenters. The van der Waals surface area contributed by atoms with Gasteiger partial charge in [0.05, 0.1) is 10.8 Å². The SMILES string of the molecule is CCC(=O)O[Si](OC(=O)CC)(OC(=O)CC)c1ccc(-c2ccc(C(F)(F)F)cc2)cc1. The average Bonchev–Trinajstić information content (AvgIpc) is 2.78. The zero-order valence-electron chi connectivity index (χ0n) is 17.8. The molecule has 2 aromatic rings. The third kappa shape index (κ3) is 6.19. The van der Waals surface area contributed by atoms with E-state index in [0.717, 1.165) is 12.1 Å². The molecule has 0 fully saturated rings. The summed E-state index contributed by atoms with van der Waals surface area (Å²) < 4.78 is 54.6. The summed E-state index contributed by atoms with van der Waals surface area (Å²) in [5.41, 5.74) is 0.308. The summed E-state index contributed by atoms with van der Waals surface area (Å²) in [5, 5.41) is 0.193. The highest BCUT2D eigenvalue weighted by Gasteiger charge is 2.55. The van der Waals surface area contributed by atoms with Crippen LogP contribution in [-0.4, -0.2) is 26.7 Å². The van der Waals surface area contributed by atoms with E-state index in [-0.39, 0.29) is 24.4 Å². The first-order valence-electron chi connectivity index (χ1n) is 9.98. The highest BCUT2D eigenvalue weighted by atomic mass is 28.4. The van der Waals surface area contributed by atoms with Gasteiger partial charge in [0.2, 0.25) is 0 Å². The third-order valence-corrected chi connectivity index (χ3v) is 6.92. The molecule has 2 aromatic carbocycles. The van der Waals surface area contributed by atoms with Gasteiger partial charge < -0.3 is 13.3 Å². The maximum absolute atomic E-state index is 12.8. The zero-order chi connectivity index (χ0) is 23.9. The van der Waals surface area contributed by atoms with Crippen molar-refractivity contribution in [3.8, 4) is 11.1 Å². The zero-order valence-corrected chi connectivity index (χ0v) is 18.8. The van der Waals surface area contributed by atoms with Crippen LogP contribution in [0.15, 0.2) is 48.5 Å². The average molecular weight is 469 g/mol. The molecule has 0 radical (unpaired) electrons. The number of carbonyl (C=O) groups is 3. The van der Waals surface area contributed by atoms with E-state index in [2.05, 4.69) is 0 Å². The summed E-state index contributed by atoms with van der Waals surface area (Å²) >= 11 is 0. The monoisotopic (exact) mass is 468 g/mol. The van der Waals surface area contributed by atoms with E-state index in [0.29, 0.717) is 11.1 Å². The van der Waals surface area contributed by atoms with Crippen LogP contribution in [0.5, 0.6) is 0 Å². The van der Waals surface area contributed by atoms with Crippen molar-refractivity contribution in [2.24, 2.45) is 0 Å². The fourth-order valence-electron chi connectivity index (χ4n) is 2.62. The Morgan fingerprint density at radius 3 is 1.34 bits per heavy atom. The lowest BCUT2D eigenvalue weighted by Crippen LogP contribution is -2.59. The Bertz CT molecular complexity index is 910. The van der Waals surface area contributed by atoms with Crippen molar-refractivity contribution in [3.63, 3.8) is 0 Å². The van der Waals surface area contributed by atoms with Crippen LogP contribution in [0.1, 0.15) is 45.6 Å². The largest absolute Gasteiger partial charge is 0.742 e. The van der Waals surface area contributed by atoms with Crippen molar-refractivity contribution in [1.29, 1.82) is 0 Å². The molecule has 172 valence electrons. The van der Waals surface area contributed by atoms with Crippen LogP contribution in [0.3, 0.4) is 0 Å². The van der Waals surface area contributed by atoms with Crippen molar-refractivity contribution in [2.75, 3.05) is 0 Å². The lowest BCUT2D eigenvalue weighted by atomic mass is 10.0. The second-order valence-corrected chi connectivity index (χ2v) is 8.99. The van der Waals surface area contributed by atoms with Crippen LogP contribution >= 0.6 is 0 Å². The van der Waals surface area contributed by atoms with E-state index in [1.807, 2.05) is 0 Å². The molecule has 32 heavy (non-hydrogen) atoms. The summed E-state index contributed by atoms with van der Waals surface area (Å²) in [7, 11) is -4.28. The van der Waals surface area contributed by atoms with Gasteiger partial charge in [0, 0.05) is 19.3 Å². The van der Waals surface area contributed by atoms with Gasteiger partial charge >= 0.3 is 15.0 Å². The number of carbonyl (C=O) groups excluding carboxylic acids is 3. The van der Waals surface area contributed by atoms with Gasteiger partial charge in [0.25, 0.3) is 17.9 Å². The maximum atomic E-state index is 12.8. The van der Waals surface area contributed by atoms with Gasteiger partial charge in [-0.05, 0) is 23.3 Å². The van der Waals surface area contributed by atoms with Gasteiger partial charge in [-0.25, -0.2) is 0 Å². The Hall–Kier alpha value is -3.14. The van der Waals surface area contributed by atoms with Crippen molar-refractivity contribution in [3.05, 3.63) is 54.1 Å². The molecule has 0 spiro atoms. The standard InChI is InChI=1S/C22H23F3O6Si/c1-4-19(26)29-32(30-20(27)5-2,31-21(28)6-3)18-13-9-16(10-14-18)15-7-11-17(12-8-15)22(23,24)25/h7-14H,4-6H2,1-3H3. The molecule has 0 unspecified atom stereocenters. The van der Waals surface area contributed by atoms with Gasteiger partial charge in [-0.3, -0.25) is 14.4 Å². The molecular formula is C22H23F3O6Si. The molecule has 0 aromatic heterocycles. The minimum atomic E-state index is -4.44. The Labute approximate surface area is 184 Å². The number of benzene rings is 2. The van der Waals surface area contributed by atoms with Crippen LogP contribution < -0.4 is 5.19 Å². The Balaban J connectivity index is 2.47. The molecule has 0 aliphatic rings. The molecule has 0 saturated heterocycles. The predicted octanol–water partition coefficient (Wildman–Crippen LogP) is 4.38. The van der Waals surface area contributed by atoms with Crippen molar-refractivity contribution in [1.82, 2.24) is 0 Å². The van der Waals surface area contributed by atoms with E-state index >= 15 is 0 Å². The summed E-state index contributed by atoms with van der Waals surface area (Å²) in [6, 6.07) is 10.6. The molecule has 0 N–H and O–H groups in total. The minimum absolute atomic E-state index is 0.0360. The van der Waals surface area contributed by atoms with Gasteiger partial charge in [-0.2, -0.15) is 13.2 Å². The molecule has 6 nitrogen and oxygen atoms in total. The second-order valence-electron chi connectivity index (χ2n) is 6.69. The van der Waals surface area contributed by atoms with Gasteiger partial charge in [0.1, 0.15) is 0 Å². The highest BCUT2D eigenvalue weighted by molar-refractivity contribution is 6.79. The first-order chi connectivity index (χ1) is 15.0. The van der Waals surface area contributed by atoms with Crippen LogP contribution in [0.2, 0.25) is 0 Å². The number of rotatable bonds is 8. The number of hydrogen-bond donors (Lipinski definition) is 0. The number of halogens is 3. The fourth-order valence-corrected chi connectivity index (χ4v) is 5.01. The summed E-state index contributed by atoms with van der Waals surface area (Å²) in [5.74, 6) is -2.14. The Morgan fingerprint density at radius 2 is 1.03 bits per heavy atom. The quantitative estimate of drug-likeness (QED) is 0.535. The molecule has 0 amide bonds. The first-order valence-corrected chi connectivity index (χ1v) is 11.7. The second kappa shape index (κ2) is 10.4. The van der Waals surface area contributed by atoms with Gasteiger partial charge in [0.15, 0.2) is 0 Å². The van der Waals surface area contributed by atoms with Gasteiger partial charge in [-0.15, -0.1) is 0 Å². The Kier molecular flexibility index (Phi) is 8.20. The summed E-state index contributed by atoms with van der Waals surface area (Å²) in [6.07, 6.45) is -4.55. The molecule has 0 aliphatic heterocycles. The van der Waals surface area contributed by atoms with E-state index in [1.54, 1.807) is 32.9 Å². The fraction of sp³-hybridized carbons (Fsp3) is 0.318. The van der Waals surface area contributed by atoms with Gasteiger partial charge in [-0.1, -0.05) is 57.2 Å². The van der Waals surface area contributed by atoms with E-state index in [9.17, 15) is 27.6 Å². The van der Waals surface area contributed by atoms with E-state index in [4.69, 9.17) is 13.3 Å². The molecular weight excluding hydrogens is 445 g/mol. The van der Waals surface area contributed by atoms with E-state index in [1.165, 1.54) is 24.3 Å². The van der Waals surface area contributed by atoms with Crippen LogP contribution in [0, 0.1) is 0 Å². The molecule has 2 rings (SSSR count). The number of alkyl halides is 3. The Morgan fingerprint density at radius 1 is 0.688 bits per heavy atom. The summed E-state index contributed by atoms with van der Waals surface area (Å²) in [6.45, 7) is 4.62. The normalized spacial score (nSPS) is 11.6. The van der Waals surface area contributed by atoms with Crippen molar-refractivity contribution in [2.45, 2.75) is 46.2 Å². The van der Waals surface area contributed by atoms with E-state index < -0.39 is 38.5 Å². The third-order valence-electron chi connectivity index (χ3n) is 4.39. The van der Waals surface area contributed by atoms with Crippen LogP contribution in [0.25, 0.3) is 11.1 Å². The smallest absolute Gasteiger partial charge is 0.452 e. The lowest BCUT2D eigenvalue weighted by molar-refractivity contribution is -0.149. The summed E-state index contributed by atoms with van der Waals surface area (Å²) in [4.78, 5) is 36.2. The van der Waals surface area contributed by atoms with Crippen molar-refractivity contribution >= 4 is 31.9 Å². The minimum Gasteiger partial charge on any atom is -0.452 e.